The Morgan fingerprint density at radius 2 is 2.00 bits per heavy atom. The summed E-state index contributed by atoms with van der Waals surface area (Å²) >= 11 is 4.77. The van der Waals surface area contributed by atoms with Gasteiger partial charge in [-0.25, -0.2) is 9.07 Å². The minimum absolute atomic E-state index is 0.0599. The normalized spacial score (nSPS) is 10.6. The summed E-state index contributed by atoms with van der Waals surface area (Å²) in [6, 6.07) is 4.57. The van der Waals surface area contributed by atoms with Crippen LogP contribution in [0.3, 0.4) is 0 Å². The van der Waals surface area contributed by atoms with Crippen molar-refractivity contribution in [3.8, 4) is 0 Å². The van der Waals surface area contributed by atoms with Gasteiger partial charge in [-0.2, -0.15) is 0 Å². The highest BCUT2D eigenvalue weighted by molar-refractivity contribution is 7.80. The van der Waals surface area contributed by atoms with Gasteiger partial charge in [-0.1, -0.05) is 24.4 Å². The van der Waals surface area contributed by atoms with E-state index in [1.807, 2.05) is 0 Å². The molecule has 7 heteroatoms. The molecule has 110 valence electrons. The molecule has 0 amide bonds. The van der Waals surface area contributed by atoms with Crippen molar-refractivity contribution in [3.05, 3.63) is 67.0 Å². The first-order valence-electron chi connectivity index (χ1n) is 6.20. The lowest BCUT2D eigenvalue weighted by Crippen LogP contribution is -2.33. The Bertz CT molecular complexity index is 839. The van der Waals surface area contributed by atoms with E-state index in [2.05, 4.69) is 5.10 Å². The average molecular weight is 307 g/mol. The summed E-state index contributed by atoms with van der Waals surface area (Å²) in [4.78, 5) is 23.7. The molecule has 0 aliphatic heterocycles. The van der Waals surface area contributed by atoms with E-state index in [4.69, 9.17) is 18.0 Å². The fourth-order valence-electron chi connectivity index (χ4n) is 1.96. The second kappa shape index (κ2) is 5.61. The van der Waals surface area contributed by atoms with E-state index in [0.29, 0.717) is 11.1 Å². The number of nitrogens with zero attached hydrogens (tertiary/aromatic N) is 1. The lowest BCUT2D eigenvalue weighted by molar-refractivity contribution is 0.563. The van der Waals surface area contributed by atoms with Gasteiger partial charge in [0.05, 0.1) is 6.54 Å². The fraction of sp³-hybridized carbons (Fsp3) is 0.214. The number of hydrogen-bond acceptors (Lipinski definition) is 3. The summed E-state index contributed by atoms with van der Waals surface area (Å²) in [7, 11) is 0. The molecule has 0 saturated heterocycles. The second-order valence-corrected chi connectivity index (χ2v) is 5.16. The Kier molecular flexibility index (Phi) is 4.04. The minimum atomic E-state index is -0.587. The maximum absolute atomic E-state index is 14.2. The zero-order valence-electron chi connectivity index (χ0n) is 11.6. The molecular formula is C14H14FN3O2S. The van der Waals surface area contributed by atoms with Crippen molar-refractivity contribution in [2.75, 3.05) is 0 Å². The highest BCUT2D eigenvalue weighted by atomic mass is 32.1. The Morgan fingerprint density at radius 1 is 1.33 bits per heavy atom. The summed E-state index contributed by atoms with van der Waals surface area (Å²) in [5.74, 6) is -0.587. The van der Waals surface area contributed by atoms with Crippen LogP contribution in [0.5, 0.6) is 0 Å². The third-order valence-corrected chi connectivity index (χ3v) is 3.60. The van der Waals surface area contributed by atoms with E-state index >= 15 is 0 Å². The topological polar surface area (TPSA) is 80.9 Å². The van der Waals surface area contributed by atoms with Crippen LogP contribution in [-0.2, 0) is 6.54 Å². The Labute approximate surface area is 125 Å². The number of nitrogens with one attached hydrogen (secondary N) is 1. The molecule has 2 rings (SSSR count). The van der Waals surface area contributed by atoms with E-state index < -0.39 is 5.82 Å². The summed E-state index contributed by atoms with van der Waals surface area (Å²) in [5, 5.41) is 2.43. The van der Waals surface area contributed by atoms with Gasteiger partial charge in [0, 0.05) is 22.3 Å². The lowest BCUT2D eigenvalue weighted by atomic mass is 10.1. The number of benzene rings is 1. The van der Waals surface area contributed by atoms with Gasteiger partial charge in [-0.15, -0.1) is 0 Å². The highest BCUT2D eigenvalue weighted by Gasteiger charge is 2.13. The first kappa shape index (κ1) is 15.1. The highest BCUT2D eigenvalue weighted by Crippen LogP contribution is 2.13. The van der Waals surface area contributed by atoms with Crippen molar-refractivity contribution in [1.29, 1.82) is 0 Å². The third kappa shape index (κ3) is 2.78. The second-order valence-electron chi connectivity index (χ2n) is 4.73. The van der Waals surface area contributed by atoms with Gasteiger partial charge in [0.2, 0.25) is 0 Å². The maximum Gasteiger partial charge on any atom is 0.268 e. The monoisotopic (exact) mass is 307 g/mol. The Balaban J connectivity index is 2.54. The lowest BCUT2D eigenvalue weighted by Gasteiger charge is -2.10. The molecule has 0 saturated carbocycles. The first-order valence-corrected chi connectivity index (χ1v) is 6.61. The number of thiocarbonyl (C=S) groups is 1. The average Bonchev–Trinajstić information content (AvgIpc) is 2.44. The van der Waals surface area contributed by atoms with Crippen LogP contribution in [0.15, 0.2) is 27.8 Å². The Morgan fingerprint density at radius 3 is 2.62 bits per heavy atom. The van der Waals surface area contributed by atoms with Crippen LogP contribution in [0.2, 0.25) is 0 Å². The largest absolute Gasteiger partial charge is 0.389 e. The number of rotatable bonds is 3. The van der Waals surface area contributed by atoms with Gasteiger partial charge in [0.25, 0.3) is 11.1 Å². The zero-order chi connectivity index (χ0) is 15.7. The Hall–Kier alpha value is -2.28. The number of aromatic nitrogens is 2. The molecule has 21 heavy (non-hydrogen) atoms. The number of aromatic amines is 1. The van der Waals surface area contributed by atoms with Gasteiger partial charge in [-0.05, 0) is 19.9 Å². The SMILES string of the molecule is Cc1c(C)c(=O)n(Cc2cccc(C(N)=S)c2F)[nH]c1=O. The molecule has 1 heterocycles. The van der Waals surface area contributed by atoms with Crippen LogP contribution >= 0.6 is 12.2 Å². The molecule has 0 unspecified atom stereocenters. The molecule has 5 nitrogen and oxygen atoms in total. The van der Waals surface area contributed by atoms with Crippen LogP contribution < -0.4 is 16.9 Å². The smallest absolute Gasteiger partial charge is 0.268 e. The molecular weight excluding hydrogens is 293 g/mol. The zero-order valence-corrected chi connectivity index (χ0v) is 12.4. The molecule has 0 radical (unpaired) electrons. The number of H-pyrrole nitrogens is 1. The van der Waals surface area contributed by atoms with Crippen LogP contribution in [0.1, 0.15) is 22.3 Å². The van der Waals surface area contributed by atoms with E-state index in [1.54, 1.807) is 19.9 Å². The summed E-state index contributed by atoms with van der Waals surface area (Å²) in [5.41, 5.74) is 5.72. The molecule has 0 fully saturated rings. The van der Waals surface area contributed by atoms with Gasteiger partial charge < -0.3 is 5.73 Å². The molecule has 3 N–H and O–H groups in total. The van der Waals surface area contributed by atoms with Crippen LogP contribution in [0.25, 0.3) is 0 Å². The quantitative estimate of drug-likeness (QED) is 0.828. The molecule has 0 atom stereocenters. The van der Waals surface area contributed by atoms with Gasteiger partial charge in [-0.3, -0.25) is 14.7 Å². The van der Waals surface area contributed by atoms with Crippen molar-refractivity contribution in [3.63, 3.8) is 0 Å². The van der Waals surface area contributed by atoms with Crippen LogP contribution in [0.4, 0.5) is 4.39 Å². The predicted molar refractivity (Wildman–Crippen MR) is 82.2 cm³/mol. The van der Waals surface area contributed by atoms with E-state index in [9.17, 15) is 14.0 Å². The summed E-state index contributed by atoms with van der Waals surface area (Å²) in [6.45, 7) is 3.02. The van der Waals surface area contributed by atoms with Crippen molar-refractivity contribution in [2.24, 2.45) is 5.73 Å². The van der Waals surface area contributed by atoms with Crippen molar-refractivity contribution in [1.82, 2.24) is 9.78 Å². The molecule has 0 aliphatic rings. The number of nitrogens with two attached hydrogens (primary N) is 1. The third-order valence-electron chi connectivity index (χ3n) is 3.38. The van der Waals surface area contributed by atoms with Gasteiger partial charge in [0.15, 0.2) is 0 Å². The molecule has 0 aliphatic carbocycles. The predicted octanol–water partition coefficient (Wildman–Crippen LogP) is 0.975. The van der Waals surface area contributed by atoms with Gasteiger partial charge in [0.1, 0.15) is 10.8 Å². The fourth-order valence-corrected chi connectivity index (χ4v) is 2.12. The van der Waals surface area contributed by atoms with Crippen molar-refractivity contribution < 1.29 is 4.39 Å². The molecule has 2 aromatic rings. The molecule has 0 spiro atoms. The maximum atomic E-state index is 14.2. The van der Waals surface area contributed by atoms with E-state index in [0.717, 1.165) is 4.68 Å². The van der Waals surface area contributed by atoms with Crippen molar-refractivity contribution >= 4 is 17.2 Å². The van der Waals surface area contributed by atoms with Crippen LogP contribution in [0, 0.1) is 19.7 Å². The van der Waals surface area contributed by atoms with Crippen LogP contribution in [-0.4, -0.2) is 14.8 Å². The van der Waals surface area contributed by atoms with E-state index in [-0.39, 0.29) is 33.8 Å². The summed E-state index contributed by atoms with van der Waals surface area (Å²) < 4.78 is 15.3. The molecule has 1 aromatic carbocycles. The minimum Gasteiger partial charge on any atom is -0.389 e. The number of hydrogen-bond donors (Lipinski definition) is 2. The van der Waals surface area contributed by atoms with E-state index in [1.165, 1.54) is 12.1 Å². The number of halogens is 1. The summed E-state index contributed by atoms with van der Waals surface area (Å²) in [6.07, 6.45) is 0. The van der Waals surface area contributed by atoms with Gasteiger partial charge >= 0.3 is 0 Å². The standard InChI is InChI=1S/C14H14FN3O2S/c1-7-8(2)14(20)18(17-13(7)19)6-9-4-3-5-10(11(9)15)12(16)21/h3-5H,6H2,1-2H3,(H2,16,21)(H,17,19). The van der Waals surface area contributed by atoms with Crippen molar-refractivity contribution in [2.45, 2.75) is 20.4 Å². The molecule has 1 aromatic heterocycles. The first-order chi connectivity index (χ1) is 9.82. The molecule has 0 bridgehead atoms.